The summed E-state index contributed by atoms with van der Waals surface area (Å²) in [6, 6.07) is 7.46. The summed E-state index contributed by atoms with van der Waals surface area (Å²) in [6.07, 6.45) is 3.40. The van der Waals surface area contributed by atoms with Gasteiger partial charge in [0.15, 0.2) is 0 Å². The number of hydrogen-bond acceptors (Lipinski definition) is 3. The number of para-hydroxylation sites is 1. The summed E-state index contributed by atoms with van der Waals surface area (Å²) in [7, 11) is 1.86. The van der Waals surface area contributed by atoms with Crippen LogP contribution < -0.4 is 0 Å². The minimum atomic E-state index is -3.77. The molecule has 1 atom stereocenters. The summed E-state index contributed by atoms with van der Waals surface area (Å²) in [5.41, 5.74) is 1.57. The van der Waals surface area contributed by atoms with E-state index >= 15 is 0 Å². The summed E-state index contributed by atoms with van der Waals surface area (Å²) in [5, 5.41) is 0.681. The molecule has 2 aromatic rings. The van der Waals surface area contributed by atoms with Gasteiger partial charge in [-0.2, -0.15) is 0 Å². The highest BCUT2D eigenvalue weighted by Gasteiger charge is 2.25. The Bertz CT molecular complexity index is 761. The van der Waals surface area contributed by atoms with Gasteiger partial charge in [0.05, 0.1) is 6.10 Å². The van der Waals surface area contributed by atoms with E-state index < -0.39 is 9.05 Å². The maximum absolute atomic E-state index is 11.9. The summed E-state index contributed by atoms with van der Waals surface area (Å²) in [4.78, 5) is 0.218. The summed E-state index contributed by atoms with van der Waals surface area (Å²) >= 11 is 0. The van der Waals surface area contributed by atoms with Crippen LogP contribution in [0.4, 0.5) is 0 Å². The van der Waals surface area contributed by atoms with Gasteiger partial charge < -0.3 is 9.30 Å². The third-order valence-corrected chi connectivity index (χ3v) is 5.54. The molecule has 0 spiro atoms. The van der Waals surface area contributed by atoms with E-state index in [0.717, 1.165) is 31.4 Å². The Balaban J connectivity index is 2.11. The molecule has 2 heterocycles. The number of rotatable bonds is 3. The average molecular weight is 328 g/mol. The number of aromatic nitrogens is 1. The van der Waals surface area contributed by atoms with Crippen LogP contribution in [-0.2, 0) is 20.3 Å². The van der Waals surface area contributed by atoms with E-state index in [9.17, 15) is 8.42 Å². The number of ether oxygens (including phenoxy) is 1. The topological polar surface area (TPSA) is 48.3 Å². The van der Waals surface area contributed by atoms with Gasteiger partial charge in [0.2, 0.25) is 0 Å². The molecule has 1 aromatic carbocycles. The molecule has 3 rings (SSSR count). The Kier molecular flexibility index (Phi) is 3.99. The molecule has 21 heavy (non-hydrogen) atoms. The van der Waals surface area contributed by atoms with Gasteiger partial charge >= 0.3 is 0 Å². The average Bonchev–Trinajstić information content (AvgIpc) is 2.73. The van der Waals surface area contributed by atoms with Crippen LogP contribution in [0.15, 0.2) is 29.2 Å². The molecule has 1 unspecified atom stereocenters. The lowest BCUT2D eigenvalue weighted by atomic mass is 10.1. The first kappa shape index (κ1) is 14.9. The summed E-state index contributed by atoms with van der Waals surface area (Å²) < 4.78 is 31.6. The molecule has 0 bridgehead atoms. The zero-order chi connectivity index (χ0) is 15.0. The second-order valence-electron chi connectivity index (χ2n) is 5.47. The van der Waals surface area contributed by atoms with E-state index in [2.05, 4.69) is 0 Å². The van der Waals surface area contributed by atoms with Gasteiger partial charge in [0.25, 0.3) is 9.05 Å². The Morgan fingerprint density at radius 2 is 2.10 bits per heavy atom. The lowest BCUT2D eigenvalue weighted by Crippen LogP contribution is -2.24. The minimum Gasteiger partial charge on any atom is -0.376 e. The van der Waals surface area contributed by atoms with Crippen molar-refractivity contribution in [3.05, 3.63) is 30.0 Å². The minimum absolute atomic E-state index is 0.138. The smallest absolute Gasteiger partial charge is 0.263 e. The zero-order valence-corrected chi connectivity index (χ0v) is 13.5. The summed E-state index contributed by atoms with van der Waals surface area (Å²) in [5.74, 6) is 0. The van der Waals surface area contributed by atoms with Crippen LogP contribution in [0.5, 0.6) is 0 Å². The zero-order valence-electron chi connectivity index (χ0n) is 11.9. The highest BCUT2D eigenvalue weighted by molar-refractivity contribution is 8.14. The van der Waals surface area contributed by atoms with Crippen LogP contribution in [0, 0.1) is 6.92 Å². The van der Waals surface area contributed by atoms with Crippen molar-refractivity contribution in [3.63, 3.8) is 0 Å². The van der Waals surface area contributed by atoms with Crippen molar-refractivity contribution in [2.75, 3.05) is 6.61 Å². The first-order chi connectivity index (χ1) is 9.98. The normalized spacial score (nSPS) is 20.0. The molecule has 1 aliphatic rings. The standard InChI is InChI=1S/C15H18ClNO3S/c1-11-15(21(16,18)19)13-7-2-3-8-14(13)17(11)10-12-6-4-5-9-20-12/h2-3,7-8,12H,4-6,9-10H2,1H3. The maximum atomic E-state index is 11.9. The fourth-order valence-corrected chi connectivity index (χ4v) is 4.58. The molecule has 1 aromatic heterocycles. The van der Waals surface area contributed by atoms with E-state index in [0.29, 0.717) is 17.6 Å². The third-order valence-electron chi connectivity index (χ3n) is 4.08. The molecule has 1 aliphatic heterocycles. The van der Waals surface area contributed by atoms with Gasteiger partial charge in [0, 0.05) is 40.4 Å². The molecule has 0 radical (unpaired) electrons. The number of benzene rings is 1. The SMILES string of the molecule is Cc1c(S(=O)(=O)Cl)c2ccccc2n1CC1CCCCO1. The number of halogens is 1. The number of hydrogen-bond donors (Lipinski definition) is 0. The largest absolute Gasteiger partial charge is 0.376 e. The molecule has 0 saturated carbocycles. The first-order valence-corrected chi connectivity index (χ1v) is 9.43. The predicted octanol–water partition coefficient (Wildman–Crippen LogP) is 3.45. The summed E-state index contributed by atoms with van der Waals surface area (Å²) in [6.45, 7) is 3.25. The molecule has 0 amide bonds. The molecular formula is C15H18ClNO3S. The van der Waals surface area contributed by atoms with Crippen molar-refractivity contribution in [3.8, 4) is 0 Å². The van der Waals surface area contributed by atoms with Gasteiger partial charge in [-0.25, -0.2) is 8.42 Å². The van der Waals surface area contributed by atoms with Gasteiger partial charge in [-0.1, -0.05) is 18.2 Å². The van der Waals surface area contributed by atoms with Gasteiger partial charge in [-0.15, -0.1) is 0 Å². The first-order valence-electron chi connectivity index (χ1n) is 7.12. The maximum Gasteiger partial charge on any atom is 0.263 e. The van der Waals surface area contributed by atoms with E-state index in [4.69, 9.17) is 15.4 Å². The highest BCUT2D eigenvalue weighted by Crippen LogP contribution is 2.32. The van der Waals surface area contributed by atoms with Crippen LogP contribution in [0.2, 0.25) is 0 Å². The van der Waals surface area contributed by atoms with Crippen LogP contribution in [0.3, 0.4) is 0 Å². The Morgan fingerprint density at radius 3 is 2.76 bits per heavy atom. The molecule has 114 valence electrons. The molecule has 6 heteroatoms. The molecule has 0 N–H and O–H groups in total. The lowest BCUT2D eigenvalue weighted by Gasteiger charge is -2.24. The predicted molar refractivity (Wildman–Crippen MR) is 83.3 cm³/mol. The van der Waals surface area contributed by atoms with Gasteiger partial charge in [-0.05, 0) is 32.3 Å². The highest BCUT2D eigenvalue weighted by atomic mass is 35.7. The molecular weight excluding hydrogens is 310 g/mol. The molecule has 0 aliphatic carbocycles. The fourth-order valence-electron chi connectivity index (χ4n) is 3.10. The Morgan fingerprint density at radius 1 is 1.33 bits per heavy atom. The van der Waals surface area contributed by atoms with Crippen molar-refractivity contribution >= 4 is 30.6 Å². The monoisotopic (exact) mass is 327 g/mol. The van der Waals surface area contributed by atoms with Crippen molar-refractivity contribution in [1.29, 1.82) is 0 Å². The molecule has 1 saturated heterocycles. The third kappa shape index (κ3) is 2.82. The van der Waals surface area contributed by atoms with Crippen molar-refractivity contribution in [2.45, 2.75) is 43.7 Å². The van der Waals surface area contributed by atoms with E-state index in [1.165, 1.54) is 0 Å². The molecule has 4 nitrogen and oxygen atoms in total. The Hall–Kier alpha value is -1.04. The van der Waals surface area contributed by atoms with Crippen molar-refractivity contribution in [1.82, 2.24) is 4.57 Å². The van der Waals surface area contributed by atoms with E-state index in [1.54, 1.807) is 13.0 Å². The number of fused-ring (bicyclic) bond motifs is 1. The number of nitrogens with zero attached hydrogens (tertiary/aromatic N) is 1. The van der Waals surface area contributed by atoms with Crippen molar-refractivity contribution < 1.29 is 13.2 Å². The second kappa shape index (κ2) is 5.63. The fraction of sp³-hybridized carbons (Fsp3) is 0.467. The van der Waals surface area contributed by atoms with Crippen LogP contribution in [-0.4, -0.2) is 25.7 Å². The van der Waals surface area contributed by atoms with Crippen LogP contribution in [0.25, 0.3) is 10.9 Å². The van der Waals surface area contributed by atoms with Crippen LogP contribution in [0.1, 0.15) is 25.0 Å². The van der Waals surface area contributed by atoms with E-state index in [1.807, 2.05) is 22.8 Å². The second-order valence-corrected chi connectivity index (χ2v) is 7.97. The van der Waals surface area contributed by atoms with E-state index in [-0.39, 0.29) is 11.0 Å². The van der Waals surface area contributed by atoms with Gasteiger partial charge in [-0.3, -0.25) is 0 Å². The quantitative estimate of drug-likeness (QED) is 0.811. The Labute approximate surface area is 129 Å². The van der Waals surface area contributed by atoms with Crippen LogP contribution >= 0.6 is 10.7 Å². The molecule has 1 fully saturated rings. The van der Waals surface area contributed by atoms with Gasteiger partial charge in [0.1, 0.15) is 4.90 Å². The van der Waals surface area contributed by atoms with Crippen molar-refractivity contribution in [2.24, 2.45) is 0 Å². The lowest BCUT2D eigenvalue weighted by molar-refractivity contribution is 0.00635.